The van der Waals surface area contributed by atoms with E-state index in [-0.39, 0.29) is 31.5 Å². The number of carbonyl (C=O) groups is 2. The largest absolute Gasteiger partial charge is 0.391 e. The first kappa shape index (κ1) is 37.6. The first-order chi connectivity index (χ1) is 25.6. The van der Waals surface area contributed by atoms with Crippen molar-refractivity contribution < 1.29 is 43.1 Å². The lowest BCUT2D eigenvalue weighted by atomic mass is 9.63. The fourth-order valence-corrected chi connectivity index (χ4v) is 11.1. The van der Waals surface area contributed by atoms with Crippen LogP contribution >= 0.6 is 15.9 Å². The van der Waals surface area contributed by atoms with Crippen LogP contribution in [0.4, 0.5) is 0 Å². The topological polar surface area (TPSA) is 164 Å². The minimum Gasteiger partial charge on any atom is -0.391 e. The third-order valence-corrected chi connectivity index (χ3v) is 13.7. The maximum Gasteiger partial charge on any atom is 0.248 e. The summed E-state index contributed by atoms with van der Waals surface area (Å²) in [6.45, 7) is 11.7. The van der Waals surface area contributed by atoms with E-state index in [1.54, 1.807) is 0 Å². The van der Waals surface area contributed by atoms with E-state index in [4.69, 9.17) is 34.3 Å². The highest BCUT2D eigenvalue weighted by molar-refractivity contribution is 9.10. The molecule has 3 N–H and O–H groups in total. The minimum absolute atomic E-state index is 0.162. The standard InChI is InChI=1S/C40H47BrN4O9/c1-36(2)50-21-25-28(52-36)29-30(54-37(3,4)53-29)33(51-25)49-18-17-43-19-24(44-42)20-45-32(46)31-38(5)26(22-13-9-7-10-14-22)27(23-15-11-8-12-16-23)39(6,34(38)47)40(31,41)35(45)48/h7-16,19,25,28-31,33-34,47H,17-18,20-21,42H2,1-6H3. The summed E-state index contributed by atoms with van der Waals surface area (Å²) < 4.78 is 35.3. The van der Waals surface area contributed by atoms with E-state index in [0.29, 0.717) is 6.61 Å². The first-order valence-corrected chi connectivity index (χ1v) is 19.2. The predicted molar refractivity (Wildman–Crippen MR) is 202 cm³/mol. The molecule has 2 aliphatic carbocycles. The van der Waals surface area contributed by atoms with E-state index >= 15 is 0 Å². The van der Waals surface area contributed by atoms with Gasteiger partial charge in [-0.3, -0.25) is 19.5 Å². The van der Waals surface area contributed by atoms with Gasteiger partial charge in [0.05, 0.1) is 44.0 Å². The number of aliphatic hydroxyl groups is 1. The lowest BCUT2D eigenvalue weighted by molar-refractivity contribution is -0.370. The van der Waals surface area contributed by atoms with Gasteiger partial charge in [-0.2, -0.15) is 5.10 Å². The van der Waals surface area contributed by atoms with Crippen LogP contribution in [-0.4, -0.2) is 113 Å². The van der Waals surface area contributed by atoms with Crippen LogP contribution in [0.15, 0.2) is 70.8 Å². The molecule has 0 radical (unpaired) electrons. The molecule has 13 nitrogen and oxygen atoms in total. The normalized spacial score (nSPS) is 39.4. The number of imide groups is 1. The highest BCUT2D eigenvalue weighted by Crippen LogP contribution is 2.79. The Bertz CT molecular complexity index is 1920. The fourth-order valence-electron chi connectivity index (χ4n) is 9.83. The second-order valence-corrected chi connectivity index (χ2v) is 17.4. The lowest BCUT2D eigenvalue weighted by Crippen LogP contribution is -2.63. The van der Waals surface area contributed by atoms with Gasteiger partial charge >= 0.3 is 0 Å². The maximum atomic E-state index is 14.6. The second kappa shape index (κ2) is 13.1. The molecule has 14 heteroatoms. The van der Waals surface area contributed by atoms with Crippen LogP contribution in [0.1, 0.15) is 52.7 Å². The summed E-state index contributed by atoms with van der Waals surface area (Å²) in [5.74, 6) is 2.41. The SMILES string of the molecule is CC1(C)OCC2OC(OCCN=CC(CN3C(=O)C4C5(C)C(c6ccccc6)=C(c6ccccc6)C(C)(C5O)C4(Br)C3=O)=NN)C3OC(C)(C)OC3C2O1. The molecule has 4 aliphatic heterocycles. The zero-order valence-electron chi connectivity index (χ0n) is 31.2. The number of halogens is 1. The van der Waals surface area contributed by atoms with Gasteiger partial charge in [0.25, 0.3) is 0 Å². The molecule has 2 bridgehead atoms. The Morgan fingerprint density at radius 1 is 0.926 bits per heavy atom. The summed E-state index contributed by atoms with van der Waals surface area (Å²) >= 11 is 3.85. The number of likely N-dealkylation sites (tertiary alicyclic amines) is 1. The Morgan fingerprint density at radius 3 is 2.19 bits per heavy atom. The van der Waals surface area contributed by atoms with Crippen molar-refractivity contribution in [1.29, 1.82) is 0 Å². The molecule has 54 heavy (non-hydrogen) atoms. The van der Waals surface area contributed by atoms with Gasteiger partial charge in [0.1, 0.15) is 28.7 Å². The highest BCUT2D eigenvalue weighted by atomic mass is 79.9. The van der Waals surface area contributed by atoms with Crippen molar-refractivity contribution in [2.45, 2.75) is 94.3 Å². The lowest BCUT2D eigenvalue weighted by Gasteiger charge is -2.48. The van der Waals surface area contributed by atoms with Crippen molar-refractivity contribution in [3.8, 4) is 0 Å². The van der Waals surface area contributed by atoms with Crippen molar-refractivity contribution in [1.82, 2.24) is 4.90 Å². The quantitative estimate of drug-likeness (QED) is 0.0949. The molecule has 1 saturated carbocycles. The summed E-state index contributed by atoms with van der Waals surface area (Å²) in [5.41, 5.74) is 1.42. The molecule has 4 heterocycles. The Kier molecular flexibility index (Phi) is 9.13. The van der Waals surface area contributed by atoms with Crippen molar-refractivity contribution in [2.75, 3.05) is 26.3 Å². The monoisotopic (exact) mass is 806 g/mol. The maximum absolute atomic E-state index is 14.6. The van der Waals surface area contributed by atoms with Crippen LogP contribution in [-0.2, 0) is 38.0 Å². The number of carbonyl (C=O) groups excluding carboxylic acids is 2. The van der Waals surface area contributed by atoms with Crippen LogP contribution in [0, 0.1) is 16.7 Å². The predicted octanol–water partition coefficient (Wildman–Crippen LogP) is 3.92. The van der Waals surface area contributed by atoms with E-state index in [2.05, 4.69) is 26.0 Å². The summed E-state index contributed by atoms with van der Waals surface area (Å²) in [4.78, 5) is 34.8. The number of aliphatic hydroxyl groups excluding tert-OH is 1. The van der Waals surface area contributed by atoms with E-state index < -0.39 is 75.2 Å². The van der Waals surface area contributed by atoms with Crippen LogP contribution < -0.4 is 5.84 Å². The molecule has 0 aromatic heterocycles. The number of benzene rings is 2. The summed E-state index contributed by atoms with van der Waals surface area (Å²) in [6, 6.07) is 19.5. The van der Waals surface area contributed by atoms with Gasteiger partial charge in [0, 0.05) is 17.0 Å². The van der Waals surface area contributed by atoms with Crippen LogP contribution in [0.5, 0.6) is 0 Å². The number of alkyl halides is 1. The van der Waals surface area contributed by atoms with Gasteiger partial charge in [-0.15, -0.1) is 0 Å². The summed E-state index contributed by atoms with van der Waals surface area (Å²) in [6.07, 6.45) is -2.07. The average molecular weight is 808 g/mol. The van der Waals surface area contributed by atoms with Crippen molar-refractivity contribution >= 4 is 50.8 Å². The van der Waals surface area contributed by atoms with E-state index in [1.807, 2.05) is 102 Å². The van der Waals surface area contributed by atoms with Crippen LogP contribution in [0.3, 0.4) is 0 Å². The summed E-state index contributed by atoms with van der Waals surface area (Å²) in [5, 5.41) is 16.1. The number of aliphatic imine (C=N–C) groups is 1. The molecule has 2 amide bonds. The van der Waals surface area contributed by atoms with Crippen LogP contribution in [0.2, 0.25) is 0 Å². The minimum atomic E-state index is -1.43. The number of nitrogens with zero attached hydrogens (tertiary/aromatic N) is 3. The highest BCUT2D eigenvalue weighted by Gasteiger charge is 2.85. The Hall–Kier alpha value is -3.34. The zero-order valence-corrected chi connectivity index (χ0v) is 32.8. The smallest absolute Gasteiger partial charge is 0.248 e. The molecule has 10 unspecified atom stereocenters. The average Bonchev–Trinajstić information content (AvgIpc) is 3.69. The number of hydrogen-bond donors (Lipinski definition) is 2. The Labute approximate surface area is 323 Å². The molecular formula is C40H47BrN4O9. The molecule has 6 aliphatic rings. The number of hydrazone groups is 1. The number of ether oxygens (including phenoxy) is 6. The molecule has 4 saturated heterocycles. The number of nitrogens with two attached hydrogens (primary N) is 1. The van der Waals surface area contributed by atoms with Gasteiger partial charge in [-0.05, 0) is 50.0 Å². The molecule has 5 fully saturated rings. The van der Waals surface area contributed by atoms with Crippen molar-refractivity contribution in [3.63, 3.8) is 0 Å². The third kappa shape index (κ3) is 5.43. The number of rotatable bonds is 9. The Balaban J connectivity index is 0.982. The molecular weight excluding hydrogens is 760 g/mol. The molecule has 0 spiro atoms. The third-order valence-electron chi connectivity index (χ3n) is 12.0. The number of hydrogen-bond acceptors (Lipinski definition) is 12. The molecule has 2 aromatic carbocycles. The van der Waals surface area contributed by atoms with Gasteiger partial charge in [-0.1, -0.05) is 90.4 Å². The first-order valence-electron chi connectivity index (χ1n) is 18.4. The van der Waals surface area contributed by atoms with E-state index in [1.165, 1.54) is 11.1 Å². The van der Waals surface area contributed by atoms with E-state index in [0.717, 1.165) is 22.3 Å². The molecule has 288 valence electrons. The second-order valence-electron chi connectivity index (χ2n) is 16.2. The van der Waals surface area contributed by atoms with Crippen molar-refractivity contribution in [3.05, 3.63) is 71.8 Å². The number of amides is 2. The molecule has 2 aromatic rings. The summed E-state index contributed by atoms with van der Waals surface area (Å²) in [7, 11) is 0. The molecule has 8 rings (SSSR count). The zero-order chi connectivity index (χ0) is 38.4. The Morgan fingerprint density at radius 2 is 1.54 bits per heavy atom. The molecule has 10 atom stereocenters. The van der Waals surface area contributed by atoms with E-state index in [9.17, 15) is 14.7 Å². The number of fused-ring (bicyclic) bond motifs is 8. The van der Waals surface area contributed by atoms with Gasteiger partial charge in [-0.25, -0.2) is 0 Å². The fraction of sp³-hybridized carbons (Fsp3) is 0.550. The van der Waals surface area contributed by atoms with Crippen molar-refractivity contribution in [2.24, 2.45) is 32.7 Å². The van der Waals surface area contributed by atoms with Crippen LogP contribution in [0.25, 0.3) is 11.1 Å². The van der Waals surface area contributed by atoms with Gasteiger partial charge in [0.15, 0.2) is 17.9 Å². The van der Waals surface area contributed by atoms with Gasteiger partial charge < -0.3 is 39.4 Å². The van der Waals surface area contributed by atoms with Gasteiger partial charge in [0.2, 0.25) is 11.8 Å².